The molecule has 0 unspecified atom stereocenters. The van der Waals surface area contributed by atoms with Crippen LogP contribution >= 0.6 is 22.6 Å². The molecule has 1 rings (SSSR count). The largest absolute Gasteiger partial charge is 0.401 e. The van der Waals surface area contributed by atoms with E-state index in [2.05, 4.69) is 22.6 Å². The highest BCUT2D eigenvalue weighted by atomic mass is 127. The van der Waals surface area contributed by atoms with Crippen molar-refractivity contribution in [2.75, 3.05) is 20.1 Å². The van der Waals surface area contributed by atoms with Gasteiger partial charge >= 0.3 is 6.18 Å². The van der Waals surface area contributed by atoms with Crippen LogP contribution in [0.5, 0.6) is 0 Å². The second-order valence-electron chi connectivity index (χ2n) is 3.72. The van der Waals surface area contributed by atoms with Crippen molar-refractivity contribution >= 4 is 28.4 Å². The van der Waals surface area contributed by atoms with Gasteiger partial charge in [0.25, 0.3) is 0 Å². The summed E-state index contributed by atoms with van der Waals surface area (Å²) in [6.45, 7) is -1.32. The van der Waals surface area contributed by atoms with Gasteiger partial charge in [-0.15, -0.1) is 0 Å². The molecule has 0 heterocycles. The Bertz CT molecular complexity index is 389. The molecular weight excluding hydrogens is 346 g/mol. The third-order valence-electron chi connectivity index (χ3n) is 2.03. The van der Waals surface area contributed by atoms with Gasteiger partial charge in [-0.1, -0.05) is 12.1 Å². The normalized spacial score (nSPS) is 11.9. The lowest BCUT2D eigenvalue weighted by molar-refractivity contribution is -0.141. The van der Waals surface area contributed by atoms with Gasteiger partial charge in [-0.05, 0) is 41.8 Å². The minimum Gasteiger partial charge on any atom is -0.293 e. The van der Waals surface area contributed by atoms with E-state index in [4.69, 9.17) is 0 Å². The van der Waals surface area contributed by atoms with E-state index in [9.17, 15) is 18.0 Å². The van der Waals surface area contributed by atoms with Gasteiger partial charge in [0.05, 0.1) is 13.1 Å². The first-order valence-corrected chi connectivity index (χ1v) is 5.90. The molecule has 0 N–H and O–H groups in total. The number of alkyl halides is 3. The third-order valence-corrected chi connectivity index (χ3v) is 2.75. The van der Waals surface area contributed by atoms with Gasteiger partial charge in [0.1, 0.15) is 0 Å². The number of benzene rings is 1. The molecule has 6 heteroatoms. The number of carbonyl (C=O) groups excluding carboxylic acids is 1. The van der Waals surface area contributed by atoms with Crippen LogP contribution in [0.1, 0.15) is 10.4 Å². The Morgan fingerprint density at radius 1 is 1.29 bits per heavy atom. The van der Waals surface area contributed by atoms with Crippen LogP contribution in [-0.4, -0.2) is 37.0 Å². The van der Waals surface area contributed by atoms with Gasteiger partial charge < -0.3 is 0 Å². The maximum atomic E-state index is 12.1. The Hall–Kier alpha value is -0.630. The Morgan fingerprint density at radius 3 is 2.29 bits per heavy atom. The number of carbonyl (C=O) groups is 1. The summed E-state index contributed by atoms with van der Waals surface area (Å²) in [5.74, 6) is -0.312. The first-order chi connectivity index (χ1) is 7.78. The molecule has 17 heavy (non-hydrogen) atoms. The van der Waals surface area contributed by atoms with Crippen LogP contribution in [0.4, 0.5) is 13.2 Å². The number of halogens is 4. The summed E-state index contributed by atoms with van der Waals surface area (Å²) in [5, 5.41) is 0. The van der Waals surface area contributed by atoms with E-state index in [-0.39, 0.29) is 12.3 Å². The average Bonchev–Trinajstić information content (AvgIpc) is 2.15. The van der Waals surface area contributed by atoms with Crippen LogP contribution in [0, 0.1) is 3.57 Å². The smallest absolute Gasteiger partial charge is 0.293 e. The third kappa shape index (κ3) is 5.49. The predicted molar refractivity (Wildman–Crippen MR) is 67.0 cm³/mol. The lowest BCUT2D eigenvalue weighted by Gasteiger charge is -2.17. The summed E-state index contributed by atoms with van der Waals surface area (Å²) in [6.07, 6.45) is -4.28. The summed E-state index contributed by atoms with van der Waals surface area (Å²) in [4.78, 5) is 12.6. The Kier molecular flexibility index (Phi) is 4.93. The number of ketones is 1. The summed E-state index contributed by atoms with van der Waals surface area (Å²) in [6, 6.07) is 6.73. The molecule has 1 aromatic rings. The van der Waals surface area contributed by atoms with Crippen molar-refractivity contribution in [3.05, 3.63) is 33.4 Å². The van der Waals surface area contributed by atoms with Crippen LogP contribution < -0.4 is 0 Å². The second kappa shape index (κ2) is 5.81. The van der Waals surface area contributed by atoms with Crippen molar-refractivity contribution in [1.82, 2.24) is 4.90 Å². The van der Waals surface area contributed by atoms with Crippen LogP contribution in [0.2, 0.25) is 0 Å². The number of nitrogens with zero attached hydrogens (tertiary/aromatic N) is 1. The Morgan fingerprint density at radius 2 is 1.82 bits per heavy atom. The summed E-state index contributed by atoms with van der Waals surface area (Å²) in [5.41, 5.74) is 0.430. The fourth-order valence-electron chi connectivity index (χ4n) is 1.33. The zero-order valence-corrected chi connectivity index (χ0v) is 11.2. The van der Waals surface area contributed by atoms with Crippen molar-refractivity contribution in [3.63, 3.8) is 0 Å². The van der Waals surface area contributed by atoms with Crippen molar-refractivity contribution in [2.24, 2.45) is 0 Å². The zero-order chi connectivity index (χ0) is 13.1. The number of Topliss-reactive ketones (excluding diaryl/α,β-unsaturated/α-hetero) is 1. The van der Waals surface area contributed by atoms with Crippen LogP contribution in [-0.2, 0) is 0 Å². The molecule has 0 fully saturated rings. The lowest BCUT2D eigenvalue weighted by atomic mass is 10.1. The lowest BCUT2D eigenvalue weighted by Crippen LogP contribution is -2.34. The van der Waals surface area contributed by atoms with E-state index in [1.165, 1.54) is 7.05 Å². The van der Waals surface area contributed by atoms with Crippen LogP contribution in [0.25, 0.3) is 0 Å². The first-order valence-electron chi connectivity index (χ1n) is 4.82. The van der Waals surface area contributed by atoms with Crippen LogP contribution in [0.3, 0.4) is 0 Å². The van der Waals surface area contributed by atoms with Crippen molar-refractivity contribution < 1.29 is 18.0 Å². The molecule has 0 saturated heterocycles. The van der Waals surface area contributed by atoms with Gasteiger partial charge in [-0.2, -0.15) is 13.2 Å². The fourth-order valence-corrected chi connectivity index (χ4v) is 1.69. The molecule has 1 aromatic carbocycles. The number of likely N-dealkylation sites (N-methyl/N-ethyl adjacent to an activating group) is 1. The summed E-state index contributed by atoms with van der Waals surface area (Å²) in [7, 11) is 1.28. The van der Waals surface area contributed by atoms with Crippen molar-refractivity contribution in [2.45, 2.75) is 6.18 Å². The van der Waals surface area contributed by atoms with Gasteiger partial charge in [-0.3, -0.25) is 9.69 Å². The Labute approximate surface area is 111 Å². The second-order valence-corrected chi connectivity index (χ2v) is 4.96. The predicted octanol–water partition coefficient (Wildman–Crippen LogP) is 2.97. The molecule has 94 valence electrons. The summed E-state index contributed by atoms with van der Waals surface area (Å²) < 4.78 is 37.1. The molecule has 2 nitrogen and oxygen atoms in total. The van der Waals surface area contributed by atoms with E-state index in [0.717, 1.165) is 8.47 Å². The monoisotopic (exact) mass is 357 g/mol. The SMILES string of the molecule is CN(CC(=O)c1ccc(I)cc1)CC(F)(F)F. The Balaban J connectivity index is 2.57. The average molecular weight is 357 g/mol. The number of hydrogen-bond acceptors (Lipinski definition) is 2. The molecule has 0 aliphatic carbocycles. The molecule has 0 radical (unpaired) electrons. The van der Waals surface area contributed by atoms with E-state index in [1.807, 2.05) is 0 Å². The fraction of sp³-hybridized carbons (Fsp3) is 0.364. The van der Waals surface area contributed by atoms with E-state index < -0.39 is 12.7 Å². The van der Waals surface area contributed by atoms with E-state index in [0.29, 0.717) is 5.56 Å². The minimum absolute atomic E-state index is 0.236. The first kappa shape index (κ1) is 14.4. The highest BCUT2D eigenvalue weighted by Gasteiger charge is 2.29. The van der Waals surface area contributed by atoms with Gasteiger partial charge in [0, 0.05) is 9.13 Å². The van der Waals surface area contributed by atoms with Crippen LogP contribution in [0.15, 0.2) is 24.3 Å². The molecule has 0 amide bonds. The van der Waals surface area contributed by atoms with E-state index in [1.54, 1.807) is 24.3 Å². The molecule has 0 spiro atoms. The minimum atomic E-state index is -4.28. The van der Waals surface area contributed by atoms with Crippen molar-refractivity contribution in [3.8, 4) is 0 Å². The quantitative estimate of drug-likeness (QED) is 0.610. The zero-order valence-electron chi connectivity index (χ0n) is 9.09. The number of hydrogen-bond donors (Lipinski definition) is 0. The van der Waals surface area contributed by atoms with E-state index >= 15 is 0 Å². The highest BCUT2D eigenvalue weighted by molar-refractivity contribution is 14.1. The maximum absolute atomic E-state index is 12.1. The maximum Gasteiger partial charge on any atom is 0.401 e. The highest BCUT2D eigenvalue weighted by Crippen LogP contribution is 2.16. The topological polar surface area (TPSA) is 20.3 Å². The molecule has 0 aromatic heterocycles. The molecule has 0 aliphatic rings. The molecular formula is C11H11F3INO. The molecule has 0 atom stereocenters. The van der Waals surface area contributed by atoms with Gasteiger partial charge in [0.2, 0.25) is 0 Å². The standard InChI is InChI=1S/C11H11F3INO/c1-16(7-11(12,13)14)6-10(17)8-2-4-9(15)5-3-8/h2-5H,6-7H2,1H3. The molecule has 0 bridgehead atoms. The van der Waals surface area contributed by atoms with Gasteiger partial charge in [0.15, 0.2) is 5.78 Å². The summed E-state index contributed by atoms with van der Waals surface area (Å²) >= 11 is 2.09. The molecule has 0 aliphatic heterocycles. The number of rotatable bonds is 4. The van der Waals surface area contributed by atoms with Gasteiger partial charge in [-0.25, -0.2) is 0 Å². The van der Waals surface area contributed by atoms with Crippen molar-refractivity contribution in [1.29, 1.82) is 0 Å². The molecule has 0 saturated carbocycles.